The van der Waals surface area contributed by atoms with Gasteiger partial charge in [-0.2, -0.15) is 0 Å². The van der Waals surface area contributed by atoms with Gasteiger partial charge < -0.3 is 5.32 Å². The predicted octanol–water partition coefficient (Wildman–Crippen LogP) is 2.43. The van der Waals surface area contributed by atoms with E-state index in [4.69, 9.17) is 0 Å². The van der Waals surface area contributed by atoms with Crippen LogP contribution in [0.3, 0.4) is 0 Å². The van der Waals surface area contributed by atoms with Gasteiger partial charge in [0.2, 0.25) is 5.91 Å². The summed E-state index contributed by atoms with van der Waals surface area (Å²) in [6, 6.07) is 0. The number of amides is 1. The molecule has 0 unspecified atom stereocenters. The molecule has 13 heavy (non-hydrogen) atoms. The highest BCUT2D eigenvalue weighted by Crippen LogP contribution is 1.93. The number of carbonyl (C=O) groups excluding carboxylic acids is 1. The van der Waals surface area contributed by atoms with E-state index in [1.54, 1.807) is 6.08 Å². The van der Waals surface area contributed by atoms with Crippen LogP contribution in [0, 0.1) is 0 Å². The van der Waals surface area contributed by atoms with E-state index in [-0.39, 0.29) is 5.91 Å². The quantitative estimate of drug-likeness (QED) is 0.380. The molecular formula is C11H19NO. The molecule has 0 heterocycles. The lowest BCUT2D eigenvalue weighted by Crippen LogP contribution is -2.19. The van der Waals surface area contributed by atoms with Crippen molar-refractivity contribution in [3.63, 3.8) is 0 Å². The number of nitrogens with one attached hydrogen (secondary N) is 1. The van der Waals surface area contributed by atoms with E-state index in [1.807, 2.05) is 13.0 Å². The van der Waals surface area contributed by atoms with E-state index >= 15 is 0 Å². The van der Waals surface area contributed by atoms with E-state index in [0.717, 1.165) is 19.3 Å². The van der Waals surface area contributed by atoms with Crippen LogP contribution in [0.25, 0.3) is 0 Å². The summed E-state index contributed by atoms with van der Waals surface area (Å²) in [5, 5.41) is 2.70. The van der Waals surface area contributed by atoms with Crippen LogP contribution in [-0.2, 0) is 4.79 Å². The molecule has 0 aromatic heterocycles. The monoisotopic (exact) mass is 181 g/mol. The molecule has 0 saturated carbocycles. The number of unbranched alkanes of at least 4 members (excludes halogenated alkanes) is 1. The lowest BCUT2D eigenvalue weighted by atomic mass is 10.2. The maximum atomic E-state index is 10.9. The first-order valence-electron chi connectivity index (χ1n) is 4.90. The highest BCUT2D eigenvalue weighted by atomic mass is 16.1. The van der Waals surface area contributed by atoms with Gasteiger partial charge in [-0.05, 0) is 32.3 Å². The molecule has 0 saturated heterocycles. The summed E-state index contributed by atoms with van der Waals surface area (Å²) in [5.41, 5.74) is 0. The molecule has 2 nitrogen and oxygen atoms in total. The van der Waals surface area contributed by atoms with Crippen molar-refractivity contribution in [2.75, 3.05) is 6.54 Å². The van der Waals surface area contributed by atoms with E-state index in [0.29, 0.717) is 6.54 Å². The van der Waals surface area contributed by atoms with Crippen molar-refractivity contribution in [1.82, 2.24) is 5.32 Å². The largest absolute Gasteiger partial charge is 0.353 e. The summed E-state index contributed by atoms with van der Waals surface area (Å²) >= 11 is 0. The Labute approximate surface area is 80.7 Å². The maximum absolute atomic E-state index is 10.9. The molecule has 0 aromatic carbocycles. The van der Waals surface area contributed by atoms with Crippen LogP contribution in [0.15, 0.2) is 24.3 Å². The Balaban J connectivity index is 3.40. The molecule has 1 amide bonds. The molecule has 0 radical (unpaired) electrons. The summed E-state index contributed by atoms with van der Waals surface area (Å²) in [6.45, 7) is 4.72. The van der Waals surface area contributed by atoms with Crippen molar-refractivity contribution in [1.29, 1.82) is 0 Å². The second-order valence-corrected chi connectivity index (χ2v) is 2.75. The van der Waals surface area contributed by atoms with Gasteiger partial charge in [-0.3, -0.25) is 4.79 Å². The van der Waals surface area contributed by atoms with E-state index < -0.39 is 0 Å². The molecule has 0 rings (SSSR count). The van der Waals surface area contributed by atoms with Crippen molar-refractivity contribution in [3.8, 4) is 0 Å². The highest BCUT2D eigenvalue weighted by molar-refractivity contribution is 5.87. The molecule has 0 spiro atoms. The number of hydrogen-bond acceptors (Lipinski definition) is 1. The van der Waals surface area contributed by atoms with Crippen LogP contribution in [0.2, 0.25) is 0 Å². The summed E-state index contributed by atoms with van der Waals surface area (Å²) in [4.78, 5) is 10.9. The van der Waals surface area contributed by atoms with Crippen molar-refractivity contribution in [3.05, 3.63) is 24.3 Å². The van der Waals surface area contributed by atoms with Crippen molar-refractivity contribution in [2.45, 2.75) is 33.1 Å². The second-order valence-electron chi connectivity index (χ2n) is 2.75. The SMILES string of the molecule is CC/C=C/CC/C=C\C(=O)NCC. The van der Waals surface area contributed by atoms with Crippen LogP contribution >= 0.6 is 0 Å². The minimum Gasteiger partial charge on any atom is -0.353 e. The Morgan fingerprint density at radius 2 is 1.85 bits per heavy atom. The molecule has 2 heteroatoms. The predicted molar refractivity (Wildman–Crippen MR) is 56.5 cm³/mol. The second kappa shape index (κ2) is 9.04. The summed E-state index contributed by atoms with van der Waals surface area (Å²) in [6.07, 6.45) is 10.8. The number of allylic oxidation sites excluding steroid dienone is 3. The fourth-order valence-corrected chi connectivity index (χ4v) is 0.900. The standard InChI is InChI=1S/C11H19NO/c1-3-5-6-7-8-9-10-11(13)12-4-2/h5-6,9-10H,3-4,7-8H2,1-2H3,(H,12,13)/b6-5+,10-9-. The van der Waals surface area contributed by atoms with Crippen LogP contribution < -0.4 is 5.32 Å². The number of likely N-dealkylation sites (N-methyl/N-ethyl adjacent to an activating group) is 1. The average Bonchev–Trinajstić information content (AvgIpc) is 2.11. The smallest absolute Gasteiger partial charge is 0.243 e. The molecule has 0 aromatic rings. The molecule has 0 aliphatic carbocycles. The molecule has 0 fully saturated rings. The van der Waals surface area contributed by atoms with Crippen LogP contribution in [0.5, 0.6) is 0 Å². The summed E-state index contributed by atoms with van der Waals surface area (Å²) in [7, 11) is 0. The van der Waals surface area contributed by atoms with Crippen LogP contribution in [0.4, 0.5) is 0 Å². The highest BCUT2D eigenvalue weighted by Gasteiger charge is 1.88. The van der Waals surface area contributed by atoms with E-state index in [9.17, 15) is 4.79 Å². The van der Waals surface area contributed by atoms with Crippen molar-refractivity contribution in [2.24, 2.45) is 0 Å². The molecule has 0 aliphatic heterocycles. The van der Waals surface area contributed by atoms with Crippen LogP contribution in [0.1, 0.15) is 33.1 Å². The molecular weight excluding hydrogens is 162 g/mol. The number of hydrogen-bond donors (Lipinski definition) is 1. The first-order chi connectivity index (χ1) is 6.31. The van der Waals surface area contributed by atoms with Gasteiger partial charge in [-0.25, -0.2) is 0 Å². The van der Waals surface area contributed by atoms with Gasteiger partial charge in [0.1, 0.15) is 0 Å². The normalized spacial score (nSPS) is 11.2. The Morgan fingerprint density at radius 1 is 1.15 bits per heavy atom. The third-order valence-electron chi connectivity index (χ3n) is 1.52. The zero-order valence-corrected chi connectivity index (χ0v) is 8.55. The Hall–Kier alpha value is -1.05. The first-order valence-corrected chi connectivity index (χ1v) is 4.90. The minimum absolute atomic E-state index is 0.00183. The Morgan fingerprint density at radius 3 is 2.46 bits per heavy atom. The van der Waals surface area contributed by atoms with Crippen LogP contribution in [-0.4, -0.2) is 12.5 Å². The van der Waals surface area contributed by atoms with Crippen molar-refractivity contribution >= 4 is 5.91 Å². The molecule has 74 valence electrons. The molecule has 0 bridgehead atoms. The zero-order valence-electron chi connectivity index (χ0n) is 8.55. The minimum atomic E-state index is 0.00183. The lowest BCUT2D eigenvalue weighted by molar-refractivity contribution is -0.116. The number of rotatable bonds is 6. The Kier molecular flexibility index (Phi) is 8.31. The number of carbonyl (C=O) groups is 1. The lowest BCUT2D eigenvalue weighted by Gasteiger charge is -1.93. The third-order valence-corrected chi connectivity index (χ3v) is 1.52. The third kappa shape index (κ3) is 8.86. The van der Waals surface area contributed by atoms with Crippen molar-refractivity contribution < 1.29 is 4.79 Å². The fourth-order valence-electron chi connectivity index (χ4n) is 0.900. The maximum Gasteiger partial charge on any atom is 0.243 e. The average molecular weight is 181 g/mol. The molecule has 0 aliphatic rings. The van der Waals surface area contributed by atoms with Gasteiger partial charge in [0.25, 0.3) is 0 Å². The zero-order chi connectivity index (χ0) is 9.94. The van der Waals surface area contributed by atoms with Gasteiger partial charge in [0.05, 0.1) is 0 Å². The van der Waals surface area contributed by atoms with Gasteiger partial charge in [0, 0.05) is 6.54 Å². The molecule has 0 atom stereocenters. The van der Waals surface area contributed by atoms with Gasteiger partial charge in [-0.15, -0.1) is 0 Å². The van der Waals surface area contributed by atoms with E-state index in [2.05, 4.69) is 24.4 Å². The van der Waals surface area contributed by atoms with Gasteiger partial charge in [0.15, 0.2) is 0 Å². The van der Waals surface area contributed by atoms with Gasteiger partial charge in [-0.1, -0.05) is 25.2 Å². The first kappa shape index (κ1) is 11.9. The fraction of sp³-hybridized carbons (Fsp3) is 0.545. The summed E-state index contributed by atoms with van der Waals surface area (Å²) < 4.78 is 0. The van der Waals surface area contributed by atoms with E-state index in [1.165, 1.54) is 0 Å². The van der Waals surface area contributed by atoms with Gasteiger partial charge >= 0.3 is 0 Å². The summed E-state index contributed by atoms with van der Waals surface area (Å²) in [5.74, 6) is 0.00183. The topological polar surface area (TPSA) is 29.1 Å². The molecule has 1 N–H and O–H groups in total. The Bertz CT molecular complexity index is 183.